The highest BCUT2D eigenvalue weighted by atomic mass is 16.5. The van der Waals surface area contributed by atoms with Crippen LogP contribution in [0.4, 0.5) is 0 Å². The molecule has 0 spiro atoms. The van der Waals surface area contributed by atoms with E-state index in [-0.39, 0.29) is 5.91 Å². The molecule has 0 aromatic carbocycles. The van der Waals surface area contributed by atoms with Crippen LogP contribution >= 0.6 is 0 Å². The van der Waals surface area contributed by atoms with Crippen molar-refractivity contribution in [1.29, 1.82) is 0 Å². The third kappa shape index (κ3) is 2.89. The molecule has 6 nitrogen and oxygen atoms in total. The lowest BCUT2D eigenvalue weighted by Gasteiger charge is -2.20. The Kier molecular flexibility index (Phi) is 4.21. The summed E-state index contributed by atoms with van der Waals surface area (Å²) in [6.07, 6.45) is 7.57. The number of nitrogens with zero attached hydrogens (tertiary/aromatic N) is 4. The van der Waals surface area contributed by atoms with Crippen LogP contribution in [0.15, 0.2) is 30.9 Å². The van der Waals surface area contributed by atoms with Crippen LogP contribution in [-0.2, 0) is 17.6 Å². The van der Waals surface area contributed by atoms with Crippen LogP contribution in [0.5, 0.6) is 0 Å². The molecule has 0 N–H and O–H groups in total. The van der Waals surface area contributed by atoms with Crippen molar-refractivity contribution in [3.63, 3.8) is 0 Å². The quantitative estimate of drug-likeness (QED) is 0.839. The highest BCUT2D eigenvalue weighted by molar-refractivity contribution is 5.94. The molecule has 1 atom stereocenters. The van der Waals surface area contributed by atoms with E-state index in [1.54, 1.807) is 30.9 Å². The highest BCUT2D eigenvalue weighted by Crippen LogP contribution is 2.29. The van der Waals surface area contributed by atoms with E-state index in [1.807, 2.05) is 4.90 Å². The largest absolute Gasteiger partial charge is 0.381 e. The number of ether oxygens (including phenoxy) is 1. The van der Waals surface area contributed by atoms with E-state index in [9.17, 15) is 4.79 Å². The van der Waals surface area contributed by atoms with Gasteiger partial charge in [-0.25, -0.2) is 9.97 Å². The molecule has 2 aromatic heterocycles. The van der Waals surface area contributed by atoms with Gasteiger partial charge in [0, 0.05) is 55.7 Å². The Bertz CT molecular complexity index is 729. The molecule has 4 heterocycles. The summed E-state index contributed by atoms with van der Waals surface area (Å²) in [7, 11) is 0. The van der Waals surface area contributed by atoms with Crippen LogP contribution in [0.1, 0.15) is 39.6 Å². The second-order valence-corrected chi connectivity index (χ2v) is 6.27. The third-order valence-corrected chi connectivity index (χ3v) is 4.85. The minimum atomic E-state index is 0.0592. The zero-order valence-electron chi connectivity index (χ0n) is 13.5. The number of fused-ring (bicyclic) bond motifs is 1. The van der Waals surface area contributed by atoms with Crippen LogP contribution in [0, 0.1) is 0 Å². The molecule has 1 amide bonds. The van der Waals surface area contributed by atoms with Crippen molar-refractivity contribution in [3.8, 4) is 0 Å². The van der Waals surface area contributed by atoms with Gasteiger partial charge in [0.05, 0.1) is 12.3 Å². The molecule has 124 valence electrons. The number of hydrogen-bond acceptors (Lipinski definition) is 5. The van der Waals surface area contributed by atoms with Gasteiger partial charge in [0.2, 0.25) is 0 Å². The fraction of sp³-hybridized carbons (Fsp3) is 0.444. The third-order valence-electron chi connectivity index (χ3n) is 4.85. The Morgan fingerprint density at radius 2 is 2.00 bits per heavy atom. The first kappa shape index (κ1) is 15.2. The molecule has 6 heteroatoms. The number of carbonyl (C=O) groups is 1. The molecular formula is C18H20N4O2. The number of carbonyl (C=O) groups excluding carboxylic acids is 1. The Labute approximate surface area is 140 Å². The Hall–Kier alpha value is -2.34. The first-order chi connectivity index (χ1) is 11.8. The van der Waals surface area contributed by atoms with E-state index in [2.05, 4.69) is 15.0 Å². The van der Waals surface area contributed by atoms with E-state index >= 15 is 0 Å². The smallest absolute Gasteiger partial charge is 0.253 e. The minimum absolute atomic E-state index is 0.0592. The van der Waals surface area contributed by atoms with Crippen molar-refractivity contribution < 1.29 is 9.53 Å². The van der Waals surface area contributed by atoms with Gasteiger partial charge in [-0.15, -0.1) is 0 Å². The summed E-state index contributed by atoms with van der Waals surface area (Å²) < 4.78 is 5.52. The number of aromatic nitrogens is 3. The topological polar surface area (TPSA) is 68.2 Å². The molecule has 2 aliphatic rings. The van der Waals surface area contributed by atoms with Gasteiger partial charge < -0.3 is 9.64 Å². The maximum atomic E-state index is 12.7. The zero-order chi connectivity index (χ0) is 16.4. The Balaban J connectivity index is 1.56. The molecule has 0 unspecified atom stereocenters. The van der Waals surface area contributed by atoms with E-state index in [1.165, 1.54) is 5.56 Å². The fourth-order valence-electron chi connectivity index (χ4n) is 3.53. The van der Waals surface area contributed by atoms with E-state index in [0.29, 0.717) is 24.6 Å². The van der Waals surface area contributed by atoms with Gasteiger partial charge in [-0.05, 0) is 30.5 Å². The van der Waals surface area contributed by atoms with Gasteiger partial charge in [-0.1, -0.05) is 0 Å². The van der Waals surface area contributed by atoms with Crippen LogP contribution < -0.4 is 0 Å². The second-order valence-electron chi connectivity index (χ2n) is 6.27. The summed E-state index contributed by atoms with van der Waals surface area (Å²) in [6.45, 7) is 2.92. The summed E-state index contributed by atoms with van der Waals surface area (Å²) in [5, 5.41) is 0. The van der Waals surface area contributed by atoms with E-state index < -0.39 is 0 Å². The van der Waals surface area contributed by atoms with Crippen LogP contribution in [0.2, 0.25) is 0 Å². The van der Waals surface area contributed by atoms with E-state index in [4.69, 9.17) is 4.74 Å². The zero-order valence-corrected chi connectivity index (χ0v) is 13.5. The van der Waals surface area contributed by atoms with Gasteiger partial charge in [0.15, 0.2) is 0 Å². The Morgan fingerprint density at radius 3 is 2.79 bits per heavy atom. The fourth-order valence-corrected chi connectivity index (χ4v) is 3.53. The summed E-state index contributed by atoms with van der Waals surface area (Å²) in [5.74, 6) is 0.424. The summed E-state index contributed by atoms with van der Waals surface area (Å²) in [5.41, 5.74) is 4.11. The highest BCUT2D eigenvalue weighted by Gasteiger charge is 2.27. The Morgan fingerprint density at radius 1 is 1.17 bits per heavy atom. The molecule has 1 saturated heterocycles. The number of rotatable bonds is 2. The molecule has 1 fully saturated rings. The minimum Gasteiger partial charge on any atom is -0.381 e. The summed E-state index contributed by atoms with van der Waals surface area (Å²) in [6, 6.07) is 3.53. The standard InChI is InChI=1S/C18H20N4O2/c23-18(13-1-6-19-7-2-13)22-8-3-15-16(4-9-22)20-12-21-17(15)14-5-10-24-11-14/h1-2,6-7,12,14H,3-5,8-11H2/t14-/m1/s1. The van der Waals surface area contributed by atoms with Crippen LogP contribution in [0.25, 0.3) is 0 Å². The van der Waals surface area contributed by atoms with Crippen molar-refractivity contribution in [3.05, 3.63) is 53.4 Å². The van der Waals surface area contributed by atoms with Crippen molar-refractivity contribution in [2.45, 2.75) is 25.2 Å². The van der Waals surface area contributed by atoms with Crippen LogP contribution in [0.3, 0.4) is 0 Å². The summed E-state index contributed by atoms with van der Waals surface area (Å²) in [4.78, 5) is 27.6. The second kappa shape index (κ2) is 6.65. The molecule has 2 aliphatic heterocycles. The maximum Gasteiger partial charge on any atom is 0.253 e. The van der Waals surface area contributed by atoms with Crippen molar-refractivity contribution in [2.75, 3.05) is 26.3 Å². The molecule has 0 aliphatic carbocycles. The predicted octanol–water partition coefficient (Wildman–Crippen LogP) is 1.62. The van der Waals surface area contributed by atoms with E-state index in [0.717, 1.165) is 43.9 Å². The van der Waals surface area contributed by atoms with Crippen molar-refractivity contribution in [1.82, 2.24) is 19.9 Å². The molecule has 0 radical (unpaired) electrons. The number of pyridine rings is 1. The van der Waals surface area contributed by atoms with Gasteiger partial charge in [0.1, 0.15) is 6.33 Å². The molecule has 0 saturated carbocycles. The molecule has 4 rings (SSSR count). The van der Waals surface area contributed by atoms with Gasteiger partial charge in [-0.3, -0.25) is 9.78 Å². The lowest BCUT2D eigenvalue weighted by molar-refractivity contribution is 0.0762. The normalized spacial score (nSPS) is 20.5. The predicted molar refractivity (Wildman–Crippen MR) is 87.8 cm³/mol. The average molecular weight is 324 g/mol. The van der Waals surface area contributed by atoms with Crippen molar-refractivity contribution >= 4 is 5.91 Å². The first-order valence-corrected chi connectivity index (χ1v) is 8.42. The average Bonchev–Trinajstić information content (AvgIpc) is 3.08. The summed E-state index contributed by atoms with van der Waals surface area (Å²) >= 11 is 0. The SMILES string of the molecule is O=C(c1ccncc1)N1CCc2ncnc([C@@H]3CCOC3)c2CC1. The number of hydrogen-bond donors (Lipinski definition) is 0. The maximum absolute atomic E-state index is 12.7. The molecular weight excluding hydrogens is 304 g/mol. The monoisotopic (exact) mass is 324 g/mol. The van der Waals surface area contributed by atoms with Crippen LogP contribution in [-0.4, -0.2) is 52.1 Å². The number of amides is 1. The lowest BCUT2D eigenvalue weighted by atomic mass is 9.96. The van der Waals surface area contributed by atoms with Gasteiger partial charge in [-0.2, -0.15) is 0 Å². The van der Waals surface area contributed by atoms with Gasteiger partial charge in [0.25, 0.3) is 5.91 Å². The van der Waals surface area contributed by atoms with Crippen molar-refractivity contribution in [2.24, 2.45) is 0 Å². The molecule has 24 heavy (non-hydrogen) atoms. The molecule has 0 bridgehead atoms. The van der Waals surface area contributed by atoms with Gasteiger partial charge >= 0.3 is 0 Å². The molecule has 2 aromatic rings. The first-order valence-electron chi connectivity index (χ1n) is 8.42. The lowest BCUT2D eigenvalue weighted by Crippen LogP contribution is -2.33.